The molecule has 2 aromatic rings. The van der Waals surface area contributed by atoms with E-state index in [2.05, 4.69) is 36.5 Å². The van der Waals surface area contributed by atoms with Gasteiger partial charge < -0.3 is 15.4 Å². The van der Waals surface area contributed by atoms with Gasteiger partial charge >= 0.3 is 5.97 Å². The van der Waals surface area contributed by atoms with Crippen LogP contribution in [0.25, 0.3) is 0 Å². The number of rotatable bonds is 6. The van der Waals surface area contributed by atoms with E-state index in [0.29, 0.717) is 23.8 Å². The molecule has 2 N–H and O–H groups in total. The first-order valence-electron chi connectivity index (χ1n) is 11.2. The Morgan fingerprint density at radius 1 is 1.29 bits per heavy atom. The Bertz CT molecular complexity index is 884. The number of carbonyl (C=O) groups excluding carboxylic acids is 1. The minimum absolute atomic E-state index is 0.0355. The summed E-state index contributed by atoms with van der Waals surface area (Å²) in [4.78, 5) is 14.1. The number of ether oxygens (including phenoxy) is 1. The van der Waals surface area contributed by atoms with Crippen molar-refractivity contribution in [2.75, 3.05) is 11.9 Å². The zero-order valence-electron chi connectivity index (χ0n) is 19.0. The summed E-state index contributed by atoms with van der Waals surface area (Å²) in [6.45, 7) is 9.44. The zero-order valence-corrected chi connectivity index (χ0v) is 20.6. The average molecular weight is 463 g/mol. The van der Waals surface area contributed by atoms with Crippen molar-refractivity contribution in [3.05, 3.63) is 34.5 Å². The summed E-state index contributed by atoms with van der Waals surface area (Å²) < 4.78 is 7.31. The van der Waals surface area contributed by atoms with Gasteiger partial charge in [-0.2, -0.15) is 5.10 Å². The number of aromatic nitrogens is 2. The number of thiophene rings is 1. The highest BCUT2D eigenvalue weighted by atomic mass is 32.1. The molecule has 31 heavy (non-hydrogen) atoms. The fourth-order valence-electron chi connectivity index (χ4n) is 3.86. The fourth-order valence-corrected chi connectivity index (χ4v) is 5.45. The predicted octanol–water partition coefficient (Wildman–Crippen LogP) is 5.18. The van der Waals surface area contributed by atoms with E-state index >= 15 is 0 Å². The third-order valence-corrected chi connectivity index (χ3v) is 7.08. The molecule has 1 aliphatic carbocycles. The summed E-state index contributed by atoms with van der Waals surface area (Å²) in [6.07, 6.45) is 10.4. The molecule has 0 aromatic carbocycles. The maximum atomic E-state index is 12.8. The van der Waals surface area contributed by atoms with Gasteiger partial charge in [0.2, 0.25) is 0 Å². The molecule has 6 nitrogen and oxygen atoms in total. The molecule has 0 spiro atoms. The molecule has 1 unspecified atom stereocenters. The lowest BCUT2D eigenvalue weighted by Crippen LogP contribution is -2.48. The first-order valence-corrected chi connectivity index (χ1v) is 12.4. The Kier molecular flexibility index (Phi) is 8.11. The van der Waals surface area contributed by atoms with Gasteiger partial charge in [0.25, 0.3) is 0 Å². The van der Waals surface area contributed by atoms with Crippen LogP contribution in [0.2, 0.25) is 0 Å². The van der Waals surface area contributed by atoms with Crippen molar-refractivity contribution in [2.24, 2.45) is 5.41 Å². The topological polar surface area (TPSA) is 68.2 Å². The SMILES string of the molecule is CCOC(=O)c1c(NC(=S)NC(Cn2cccn2)C(C)(C)C)sc2c1CCCCCC2. The lowest BCUT2D eigenvalue weighted by molar-refractivity contribution is 0.0526. The van der Waals surface area contributed by atoms with Crippen LogP contribution < -0.4 is 10.6 Å². The second kappa shape index (κ2) is 10.6. The molecule has 1 aliphatic rings. The van der Waals surface area contributed by atoms with Crippen molar-refractivity contribution < 1.29 is 9.53 Å². The largest absolute Gasteiger partial charge is 0.462 e. The normalized spacial score (nSPS) is 15.4. The molecule has 0 amide bonds. The number of nitrogens with one attached hydrogen (secondary N) is 2. The number of thiocarbonyl (C=S) groups is 1. The minimum Gasteiger partial charge on any atom is -0.462 e. The summed E-state index contributed by atoms with van der Waals surface area (Å²) in [5, 5.41) is 12.5. The van der Waals surface area contributed by atoms with Gasteiger partial charge in [-0.15, -0.1) is 11.3 Å². The molecule has 2 aromatic heterocycles. The molecular weight excluding hydrogens is 428 g/mol. The second-order valence-corrected chi connectivity index (χ2v) is 10.6. The molecule has 0 saturated heterocycles. The highest BCUT2D eigenvalue weighted by Crippen LogP contribution is 2.37. The van der Waals surface area contributed by atoms with Crippen molar-refractivity contribution in [1.82, 2.24) is 15.1 Å². The van der Waals surface area contributed by atoms with Gasteiger partial charge in [-0.1, -0.05) is 33.6 Å². The number of fused-ring (bicyclic) bond motifs is 1. The number of anilines is 1. The first kappa shape index (κ1) is 23.7. The molecule has 8 heteroatoms. The monoisotopic (exact) mass is 462 g/mol. The summed E-state index contributed by atoms with van der Waals surface area (Å²) in [6, 6.07) is 1.99. The zero-order chi connectivity index (χ0) is 22.4. The number of aryl methyl sites for hydroxylation is 1. The lowest BCUT2D eigenvalue weighted by atomic mass is 9.87. The van der Waals surface area contributed by atoms with E-state index in [1.54, 1.807) is 17.5 Å². The van der Waals surface area contributed by atoms with E-state index in [9.17, 15) is 4.79 Å². The Morgan fingerprint density at radius 3 is 2.68 bits per heavy atom. The van der Waals surface area contributed by atoms with Crippen LogP contribution in [-0.2, 0) is 24.1 Å². The van der Waals surface area contributed by atoms with E-state index < -0.39 is 0 Å². The Labute approximate surface area is 194 Å². The van der Waals surface area contributed by atoms with E-state index in [0.717, 1.165) is 36.2 Å². The molecule has 0 fully saturated rings. The smallest absolute Gasteiger partial charge is 0.341 e. The van der Waals surface area contributed by atoms with E-state index in [1.165, 1.54) is 17.7 Å². The molecular formula is C23H34N4O2S2. The van der Waals surface area contributed by atoms with Gasteiger partial charge in [0.1, 0.15) is 5.00 Å². The van der Waals surface area contributed by atoms with Gasteiger partial charge in [-0.25, -0.2) is 4.79 Å². The van der Waals surface area contributed by atoms with Crippen LogP contribution in [0.5, 0.6) is 0 Å². The Balaban J connectivity index is 1.81. The van der Waals surface area contributed by atoms with Gasteiger partial charge in [-0.3, -0.25) is 4.68 Å². The maximum absolute atomic E-state index is 12.8. The highest BCUT2D eigenvalue weighted by Gasteiger charge is 2.28. The molecule has 0 bridgehead atoms. The number of carbonyl (C=O) groups is 1. The molecule has 0 aliphatic heterocycles. The van der Waals surface area contributed by atoms with Crippen molar-refractivity contribution in [2.45, 2.75) is 78.8 Å². The second-order valence-electron chi connectivity index (χ2n) is 9.09. The van der Waals surface area contributed by atoms with Crippen molar-refractivity contribution >= 4 is 39.6 Å². The number of esters is 1. The maximum Gasteiger partial charge on any atom is 0.341 e. The molecule has 3 rings (SSSR count). The molecule has 1 atom stereocenters. The van der Waals surface area contributed by atoms with Crippen LogP contribution in [0.4, 0.5) is 5.00 Å². The van der Waals surface area contributed by atoms with Crippen molar-refractivity contribution in [3.8, 4) is 0 Å². The fraction of sp³-hybridized carbons (Fsp3) is 0.609. The first-order chi connectivity index (χ1) is 14.8. The molecule has 2 heterocycles. The van der Waals surface area contributed by atoms with Gasteiger partial charge in [0, 0.05) is 17.3 Å². The van der Waals surface area contributed by atoms with Gasteiger partial charge in [0.05, 0.1) is 24.8 Å². The minimum atomic E-state index is -0.255. The van der Waals surface area contributed by atoms with Crippen LogP contribution in [0.3, 0.4) is 0 Å². The van der Waals surface area contributed by atoms with Crippen LogP contribution in [0.15, 0.2) is 18.5 Å². The summed E-state index contributed by atoms with van der Waals surface area (Å²) in [5.41, 5.74) is 1.79. The lowest BCUT2D eigenvalue weighted by Gasteiger charge is -2.32. The summed E-state index contributed by atoms with van der Waals surface area (Å²) >= 11 is 7.33. The van der Waals surface area contributed by atoms with Crippen molar-refractivity contribution in [3.63, 3.8) is 0 Å². The average Bonchev–Trinajstić information content (AvgIpc) is 3.29. The van der Waals surface area contributed by atoms with E-state index in [4.69, 9.17) is 17.0 Å². The Hall–Kier alpha value is -1.93. The van der Waals surface area contributed by atoms with Crippen LogP contribution >= 0.6 is 23.6 Å². The quantitative estimate of drug-likeness (QED) is 0.455. The van der Waals surface area contributed by atoms with Gasteiger partial charge in [-0.05, 0) is 61.9 Å². The molecule has 0 saturated carbocycles. The van der Waals surface area contributed by atoms with Gasteiger partial charge in [0.15, 0.2) is 5.11 Å². The molecule has 170 valence electrons. The predicted molar refractivity (Wildman–Crippen MR) is 131 cm³/mol. The van der Waals surface area contributed by atoms with Crippen LogP contribution in [0.1, 0.15) is 74.2 Å². The summed E-state index contributed by atoms with van der Waals surface area (Å²) in [7, 11) is 0. The standard InChI is InChI=1S/C23H34N4O2S2/c1-5-29-21(28)19-16-11-8-6-7-9-12-17(16)31-20(19)26-22(30)25-18(23(2,3)4)15-27-14-10-13-24-27/h10,13-14,18H,5-9,11-12,15H2,1-4H3,(H2,25,26,30). The van der Waals surface area contributed by atoms with E-state index in [-0.39, 0.29) is 17.4 Å². The Morgan fingerprint density at radius 2 is 2.03 bits per heavy atom. The molecule has 0 radical (unpaired) electrons. The van der Waals surface area contributed by atoms with Crippen LogP contribution in [0, 0.1) is 5.41 Å². The third kappa shape index (κ3) is 6.29. The number of hydrogen-bond donors (Lipinski definition) is 2. The summed E-state index contributed by atoms with van der Waals surface area (Å²) in [5.74, 6) is -0.255. The van der Waals surface area contributed by atoms with Crippen molar-refractivity contribution in [1.29, 1.82) is 0 Å². The third-order valence-electron chi connectivity index (χ3n) is 5.66. The van der Waals surface area contributed by atoms with Crippen LogP contribution in [-0.4, -0.2) is 33.5 Å². The van der Waals surface area contributed by atoms with E-state index in [1.807, 2.05) is 23.9 Å². The number of nitrogens with zero attached hydrogens (tertiary/aromatic N) is 2. The number of hydrogen-bond acceptors (Lipinski definition) is 5. The highest BCUT2D eigenvalue weighted by molar-refractivity contribution is 7.80.